The van der Waals surface area contributed by atoms with Gasteiger partial charge in [0.1, 0.15) is 12.4 Å². The summed E-state index contributed by atoms with van der Waals surface area (Å²) in [7, 11) is 0. The molecule has 0 aliphatic carbocycles. The molecular formula is C22H18BrNO2. The van der Waals surface area contributed by atoms with Crippen LogP contribution in [0.5, 0.6) is 5.75 Å². The van der Waals surface area contributed by atoms with Gasteiger partial charge in [-0.25, -0.2) is 0 Å². The van der Waals surface area contributed by atoms with Gasteiger partial charge in [0.05, 0.1) is 0 Å². The summed E-state index contributed by atoms with van der Waals surface area (Å²) in [6.07, 6.45) is 3.29. The molecule has 0 spiro atoms. The molecule has 1 N–H and O–H groups in total. The quantitative estimate of drug-likeness (QED) is 0.533. The lowest BCUT2D eigenvalue weighted by Crippen LogP contribution is -2.07. The Hall–Kier alpha value is -2.85. The van der Waals surface area contributed by atoms with Crippen LogP contribution in [0.25, 0.3) is 6.08 Å². The number of hydrogen-bond acceptors (Lipinski definition) is 2. The zero-order chi connectivity index (χ0) is 18.2. The van der Waals surface area contributed by atoms with Crippen molar-refractivity contribution in [3.8, 4) is 5.75 Å². The Morgan fingerprint density at radius 2 is 1.62 bits per heavy atom. The van der Waals surface area contributed by atoms with Gasteiger partial charge in [-0.3, -0.25) is 4.79 Å². The largest absolute Gasteiger partial charge is 0.489 e. The maximum absolute atomic E-state index is 12.0. The van der Waals surface area contributed by atoms with Gasteiger partial charge in [-0.15, -0.1) is 0 Å². The molecule has 4 heteroatoms. The van der Waals surface area contributed by atoms with Gasteiger partial charge in [-0.05, 0) is 53.6 Å². The summed E-state index contributed by atoms with van der Waals surface area (Å²) in [6, 6.07) is 25.1. The molecule has 0 radical (unpaired) electrons. The van der Waals surface area contributed by atoms with Crippen LogP contribution in [0, 0.1) is 0 Å². The standard InChI is InChI=1S/C22H18BrNO2/c23-19-9-11-20(12-10-19)24-22(25)15-8-17-6-13-21(14-7-17)26-16-18-4-2-1-3-5-18/h1-15H,16H2,(H,24,25). The van der Waals surface area contributed by atoms with Crippen molar-refractivity contribution in [2.45, 2.75) is 6.61 Å². The van der Waals surface area contributed by atoms with E-state index in [1.54, 1.807) is 6.08 Å². The zero-order valence-electron chi connectivity index (χ0n) is 14.1. The molecule has 3 nitrogen and oxygen atoms in total. The van der Waals surface area contributed by atoms with Crippen molar-refractivity contribution in [1.29, 1.82) is 0 Å². The molecule has 0 aliphatic heterocycles. The first-order chi connectivity index (χ1) is 12.7. The van der Waals surface area contributed by atoms with Crippen LogP contribution in [0.1, 0.15) is 11.1 Å². The molecule has 0 aliphatic rings. The molecule has 0 saturated heterocycles. The van der Waals surface area contributed by atoms with Crippen LogP contribution in [-0.4, -0.2) is 5.91 Å². The third kappa shape index (κ3) is 5.60. The second kappa shape index (κ2) is 9.02. The van der Waals surface area contributed by atoms with E-state index in [-0.39, 0.29) is 5.91 Å². The van der Waals surface area contributed by atoms with Crippen molar-refractivity contribution < 1.29 is 9.53 Å². The Kier molecular flexibility index (Phi) is 6.23. The van der Waals surface area contributed by atoms with Gasteiger partial charge in [-0.1, -0.05) is 58.4 Å². The molecule has 26 heavy (non-hydrogen) atoms. The molecule has 0 fully saturated rings. The number of amides is 1. The Labute approximate surface area is 161 Å². The lowest BCUT2D eigenvalue weighted by atomic mass is 10.2. The van der Waals surface area contributed by atoms with E-state index in [4.69, 9.17) is 4.74 Å². The lowest BCUT2D eigenvalue weighted by molar-refractivity contribution is -0.111. The number of hydrogen-bond donors (Lipinski definition) is 1. The number of halogens is 1. The van der Waals surface area contributed by atoms with Crippen molar-refractivity contribution in [1.82, 2.24) is 0 Å². The van der Waals surface area contributed by atoms with Crippen LogP contribution in [0.4, 0.5) is 5.69 Å². The fourth-order valence-corrected chi connectivity index (χ4v) is 2.57. The molecule has 3 aromatic carbocycles. The highest BCUT2D eigenvalue weighted by Gasteiger charge is 1.99. The van der Waals surface area contributed by atoms with Crippen molar-refractivity contribution >= 4 is 33.6 Å². The predicted octanol–water partition coefficient (Wildman–Crippen LogP) is 5.68. The van der Waals surface area contributed by atoms with Gasteiger partial charge in [0, 0.05) is 16.2 Å². The fraction of sp³-hybridized carbons (Fsp3) is 0.0455. The molecule has 0 bridgehead atoms. The van der Waals surface area contributed by atoms with E-state index < -0.39 is 0 Å². The van der Waals surface area contributed by atoms with E-state index in [2.05, 4.69) is 21.2 Å². The molecule has 3 rings (SSSR count). The second-order valence-corrected chi connectivity index (χ2v) is 6.59. The SMILES string of the molecule is O=C(C=Cc1ccc(OCc2ccccc2)cc1)Nc1ccc(Br)cc1. The fourth-order valence-electron chi connectivity index (χ4n) is 2.31. The van der Waals surface area contributed by atoms with E-state index in [0.717, 1.165) is 27.0 Å². The molecule has 1 amide bonds. The summed E-state index contributed by atoms with van der Waals surface area (Å²) in [6.45, 7) is 0.533. The number of nitrogens with one attached hydrogen (secondary N) is 1. The number of carbonyl (C=O) groups excluding carboxylic acids is 1. The minimum absolute atomic E-state index is 0.170. The maximum atomic E-state index is 12.0. The van der Waals surface area contributed by atoms with Crippen LogP contribution in [0.2, 0.25) is 0 Å². The molecule has 0 aromatic heterocycles. The van der Waals surface area contributed by atoms with Crippen molar-refractivity contribution in [2.24, 2.45) is 0 Å². The van der Waals surface area contributed by atoms with Gasteiger partial charge in [-0.2, -0.15) is 0 Å². The Morgan fingerprint density at radius 3 is 2.31 bits per heavy atom. The normalized spacial score (nSPS) is 10.7. The first-order valence-corrected chi connectivity index (χ1v) is 9.00. The average Bonchev–Trinajstić information content (AvgIpc) is 2.68. The van der Waals surface area contributed by atoms with E-state index in [1.165, 1.54) is 6.08 Å². The summed E-state index contributed by atoms with van der Waals surface area (Å²) >= 11 is 3.37. The van der Waals surface area contributed by atoms with Gasteiger partial charge in [0.15, 0.2) is 0 Å². The van der Waals surface area contributed by atoms with E-state index >= 15 is 0 Å². The third-order valence-corrected chi connectivity index (χ3v) is 4.20. The molecule has 0 unspecified atom stereocenters. The lowest BCUT2D eigenvalue weighted by Gasteiger charge is -2.06. The van der Waals surface area contributed by atoms with Gasteiger partial charge in [0.25, 0.3) is 0 Å². The minimum atomic E-state index is -0.170. The van der Waals surface area contributed by atoms with Crippen LogP contribution in [-0.2, 0) is 11.4 Å². The molecular weight excluding hydrogens is 390 g/mol. The van der Waals surface area contributed by atoms with Crippen molar-refractivity contribution in [3.05, 3.63) is 101 Å². The summed E-state index contributed by atoms with van der Waals surface area (Å²) in [5, 5.41) is 2.82. The zero-order valence-corrected chi connectivity index (χ0v) is 15.6. The number of rotatable bonds is 6. The Balaban J connectivity index is 1.52. The van der Waals surface area contributed by atoms with Crippen LogP contribution in [0.15, 0.2) is 89.4 Å². The predicted molar refractivity (Wildman–Crippen MR) is 109 cm³/mol. The highest BCUT2D eigenvalue weighted by atomic mass is 79.9. The number of benzene rings is 3. The van der Waals surface area contributed by atoms with E-state index in [1.807, 2.05) is 78.9 Å². The summed E-state index contributed by atoms with van der Waals surface area (Å²) in [4.78, 5) is 12.0. The Bertz CT molecular complexity index is 872. The van der Waals surface area contributed by atoms with Crippen molar-refractivity contribution in [2.75, 3.05) is 5.32 Å². The molecule has 130 valence electrons. The number of anilines is 1. The van der Waals surface area contributed by atoms with Gasteiger partial charge in [0.2, 0.25) is 5.91 Å². The minimum Gasteiger partial charge on any atom is -0.489 e. The highest BCUT2D eigenvalue weighted by Crippen LogP contribution is 2.16. The van der Waals surface area contributed by atoms with Crippen LogP contribution >= 0.6 is 15.9 Å². The van der Waals surface area contributed by atoms with Crippen molar-refractivity contribution in [3.63, 3.8) is 0 Å². The van der Waals surface area contributed by atoms with Crippen LogP contribution < -0.4 is 10.1 Å². The monoisotopic (exact) mass is 407 g/mol. The number of ether oxygens (including phenoxy) is 1. The molecule has 0 saturated carbocycles. The maximum Gasteiger partial charge on any atom is 0.248 e. The smallest absolute Gasteiger partial charge is 0.248 e. The highest BCUT2D eigenvalue weighted by molar-refractivity contribution is 9.10. The number of carbonyl (C=O) groups is 1. The molecule has 3 aromatic rings. The topological polar surface area (TPSA) is 38.3 Å². The molecule has 0 heterocycles. The summed E-state index contributed by atoms with van der Waals surface area (Å²) in [5.74, 6) is 0.627. The first kappa shape index (κ1) is 18.0. The second-order valence-electron chi connectivity index (χ2n) is 5.67. The van der Waals surface area contributed by atoms with Gasteiger partial charge < -0.3 is 10.1 Å². The van der Waals surface area contributed by atoms with E-state index in [0.29, 0.717) is 6.61 Å². The summed E-state index contributed by atoms with van der Waals surface area (Å²) < 4.78 is 6.73. The summed E-state index contributed by atoms with van der Waals surface area (Å²) in [5.41, 5.74) is 2.82. The Morgan fingerprint density at radius 1 is 0.923 bits per heavy atom. The third-order valence-electron chi connectivity index (χ3n) is 3.67. The van der Waals surface area contributed by atoms with Gasteiger partial charge >= 0.3 is 0 Å². The molecule has 0 atom stereocenters. The van der Waals surface area contributed by atoms with Crippen LogP contribution in [0.3, 0.4) is 0 Å². The van der Waals surface area contributed by atoms with E-state index in [9.17, 15) is 4.79 Å². The first-order valence-electron chi connectivity index (χ1n) is 8.20. The average molecular weight is 408 g/mol.